The van der Waals surface area contributed by atoms with E-state index in [1.807, 2.05) is 20.8 Å². The highest BCUT2D eigenvalue weighted by Gasteiger charge is 2.38. The predicted molar refractivity (Wildman–Crippen MR) is 318 cm³/mol. The van der Waals surface area contributed by atoms with E-state index < -0.39 is 66.3 Å². The second-order valence-electron chi connectivity index (χ2n) is 19.7. The van der Waals surface area contributed by atoms with Gasteiger partial charge in [0.25, 0.3) is 0 Å². The maximum absolute atomic E-state index is 11.5. The molecule has 2 aliphatic carbocycles. The van der Waals surface area contributed by atoms with Gasteiger partial charge in [0.2, 0.25) is 24.2 Å². The molecule has 4 aliphatic rings. The third kappa shape index (κ3) is 43.5. The lowest BCUT2D eigenvalue weighted by atomic mass is 10.2. The number of hydrogen-bond acceptors (Lipinski definition) is 23. The maximum atomic E-state index is 11.5. The molecule has 492 valence electrons. The van der Waals surface area contributed by atoms with Crippen molar-refractivity contribution in [3.8, 4) is 0 Å². The van der Waals surface area contributed by atoms with Crippen molar-refractivity contribution in [3.05, 3.63) is 73.9 Å². The first-order valence-corrected chi connectivity index (χ1v) is 29.6. The minimum atomic E-state index is -0.671. The number of unbranched alkanes of at least 4 members (excludes halogenated alkanes) is 3. The molecular formula is C63H102O23. The topological polar surface area (TPSA) is 275 Å². The van der Waals surface area contributed by atoms with Gasteiger partial charge < -0.3 is 71.1 Å². The molecule has 4 rings (SSSR count). The molecule has 2 saturated heterocycles. The average Bonchev–Trinajstić information content (AvgIpc) is 3.20. The van der Waals surface area contributed by atoms with E-state index in [9.17, 15) is 38.4 Å². The van der Waals surface area contributed by atoms with Gasteiger partial charge in [0.05, 0.1) is 40.1 Å². The summed E-state index contributed by atoms with van der Waals surface area (Å²) in [6.07, 6.45) is 22.8. The van der Waals surface area contributed by atoms with Crippen molar-refractivity contribution in [2.75, 3.05) is 54.4 Å². The van der Waals surface area contributed by atoms with Crippen LogP contribution in [0.3, 0.4) is 0 Å². The Balaban J connectivity index is 0. The van der Waals surface area contributed by atoms with Gasteiger partial charge in [0.15, 0.2) is 18.9 Å². The molecule has 0 aromatic carbocycles. The largest absolute Gasteiger partial charge is 0.466 e. The van der Waals surface area contributed by atoms with E-state index in [0.29, 0.717) is 44.2 Å². The predicted octanol–water partition coefficient (Wildman–Crippen LogP) is 10.9. The highest BCUT2D eigenvalue weighted by atomic mass is 16.7. The van der Waals surface area contributed by atoms with Crippen LogP contribution in [0.25, 0.3) is 0 Å². The fourth-order valence-electron chi connectivity index (χ4n) is 7.24. The summed E-state index contributed by atoms with van der Waals surface area (Å²) >= 11 is 0. The Labute approximate surface area is 510 Å². The van der Waals surface area contributed by atoms with Crippen LogP contribution in [-0.2, 0) is 109 Å². The molecule has 5 unspecified atom stereocenters. The van der Waals surface area contributed by atoms with E-state index in [1.165, 1.54) is 13.2 Å². The highest BCUT2D eigenvalue weighted by Crippen LogP contribution is 2.35. The molecular weight excluding hydrogens is 1120 g/mol. The molecule has 0 radical (unpaired) electrons. The van der Waals surface area contributed by atoms with Crippen LogP contribution in [0.5, 0.6) is 0 Å². The molecule has 0 N–H and O–H groups in total. The summed E-state index contributed by atoms with van der Waals surface area (Å²) in [7, 11) is 4.38. The standard InChI is InChI=1S/C16H28O6.C11H18O5.C10H16O3.2C9H14O3.C8H12O3/c1-5-7-11-19-13(3)21-15(17)9-10-16(18)22-14(4)20-12-8-6-2;1-4-5-8-15-9(2)16-11(13)7-6-10(12)14-3;1-8(2)9(11)13-10(12-3)6-4-5-7-10;1-7(2)9(10)12-8-5-3-4-6-11-8;1-3-8(10)12-9(11-2)6-4-5-7-9;1-2-7(9)11-8-5-3-4-6-10-8/h9-10,13-14H,5-8,11-12H2,1-4H3;6-7,9H,4-5,8H2,1-3H3;1,4-7H2,2-3H3;8H,1,3-6H2,2H3;3H,1,4-7H2,2H3;2,8H,1,3-6H2/b10-9-;7-6-;;;;. The lowest BCUT2D eigenvalue weighted by Gasteiger charge is -2.27. The fraction of sp³-hybridized carbons (Fsp3) is 0.683. The molecule has 86 heavy (non-hydrogen) atoms. The Morgan fingerprint density at radius 2 is 0.826 bits per heavy atom. The van der Waals surface area contributed by atoms with Gasteiger partial charge in [-0.05, 0) is 105 Å². The second-order valence-corrected chi connectivity index (χ2v) is 19.7. The van der Waals surface area contributed by atoms with E-state index in [4.69, 9.17) is 66.3 Å². The molecule has 2 heterocycles. The summed E-state index contributed by atoms with van der Waals surface area (Å²) in [4.78, 5) is 88.5. The maximum Gasteiger partial charge on any atom is 0.335 e. The van der Waals surface area contributed by atoms with Gasteiger partial charge in [-0.3, -0.25) is 0 Å². The Bertz CT molecular complexity index is 2010. The van der Waals surface area contributed by atoms with Crippen molar-refractivity contribution in [2.24, 2.45) is 0 Å². The number of rotatable bonds is 29. The number of hydrogen-bond donors (Lipinski definition) is 0. The van der Waals surface area contributed by atoms with Crippen LogP contribution in [-0.4, -0.2) is 145 Å². The first-order chi connectivity index (χ1) is 40.9. The van der Waals surface area contributed by atoms with Gasteiger partial charge in [0.1, 0.15) is 0 Å². The van der Waals surface area contributed by atoms with Gasteiger partial charge >= 0.3 is 47.8 Å². The summed E-state index contributed by atoms with van der Waals surface area (Å²) in [5.41, 5.74) is 0.840. The van der Waals surface area contributed by atoms with E-state index in [1.54, 1.807) is 48.8 Å². The van der Waals surface area contributed by atoms with Crippen molar-refractivity contribution < 1.29 is 109 Å². The van der Waals surface area contributed by atoms with Gasteiger partial charge in [0, 0.05) is 100 Å². The molecule has 23 heteroatoms. The molecule has 0 aromatic rings. The Hall–Kier alpha value is -6.08. The third-order valence-corrected chi connectivity index (χ3v) is 12.1. The van der Waals surface area contributed by atoms with E-state index >= 15 is 0 Å². The first-order valence-electron chi connectivity index (χ1n) is 29.6. The minimum absolute atomic E-state index is 0.339. The smallest absolute Gasteiger partial charge is 0.335 e. The van der Waals surface area contributed by atoms with Crippen molar-refractivity contribution in [1.29, 1.82) is 0 Å². The monoisotopic (exact) mass is 1230 g/mol. The lowest BCUT2D eigenvalue weighted by molar-refractivity contribution is -0.215. The highest BCUT2D eigenvalue weighted by molar-refractivity contribution is 5.92. The second kappa shape index (κ2) is 51.0. The van der Waals surface area contributed by atoms with Crippen LogP contribution < -0.4 is 0 Å². The zero-order valence-electron chi connectivity index (χ0n) is 53.2. The Kier molecular flexibility index (Phi) is 48.6. The van der Waals surface area contributed by atoms with E-state index in [0.717, 1.165) is 159 Å². The normalized spacial score (nSPS) is 18.0. The van der Waals surface area contributed by atoms with Crippen molar-refractivity contribution in [3.63, 3.8) is 0 Å². The summed E-state index contributed by atoms with van der Waals surface area (Å²) in [5, 5.41) is 0. The average molecular weight is 1230 g/mol. The lowest BCUT2D eigenvalue weighted by Crippen LogP contribution is -2.34. The number of carbonyl (C=O) groups is 8. The van der Waals surface area contributed by atoms with Crippen LogP contribution >= 0.6 is 0 Å². The van der Waals surface area contributed by atoms with Gasteiger partial charge in [-0.25, -0.2) is 38.4 Å². The zero-order valence-corrected chi connectivity index (χ0v) is 53.2. The van der Waals surface area contributed by atoms with Crippen LogP contribution in [0, 0.1) is 0 Å². The molecule has 0 amide bonds. The zero-order chi connectivity index (χ0) is 65.2. The van der Waals surface area contributed by atoms with Gasteiger partial charge in [-0.15, -0.1) is 0 Å². The Morgan fingerprint density at radius 3 is 1.13 bits per heavy atom. The van der Waals surface area contributed by atoms with Crippen LogP contribution in [0.15, 0.2) is 73.9 Å². The molecule has 23 nitrogen and oxygen atoms in total. The van der Waals surface area contributed by atoms with Gasteiger partial charge in [-0.1, -0.05) is 66.3 Å². The quantitative estimate of drug-likeness (QED) is 0.0221. The number of carbonyl (C=O) groups excluding carboxylic acids is 8. The summed E-state index contributed by atoms with van der Waals surface area (Å²) in [6, 6.07) is 0. The van der Waals surface area contributed by atoms with Crippen LogP contribution in [0.1, 0.15) is 184 Å². The van der Waals surface area contributed by atoms with Crippen molar-refractivity contribution >= 4 is 47.8 Å². The first kappa shape index (κ1) is 82.0. The van der Waals surface area contributed by atoms with E-state index in [-0.39, 0.29) is 24.5 Å². The molecule has 5 atom stereocenters. The van der Waals surface area contributed by atoms with Crippen LogP contribution in [0.2, 0.25) is 0 Å². The van der Waals surface area contributed by atoms with Crippen molar-refractivity contribution in [2.45, 2.75) is 227 Å². The minimum Gasteiger partial charge on any atom is -0.466 e. The summed E-state index contributed by atoms with van der Waals surface area (Å²) in [6.45, 7) is 30.9. The number of methoxy groups -OCH3 is 3. The number of ether oxygens (including phenoxy) is 15. The third-order valence-electron chi connectivity index (χ3n) is 12.1. The Morgan fingerprint density at radius 1 is 0.477 bits per heavy atom. The fourth-order valence-corrected chi connectivity index (χ4v) is 7.24. The molecule has 0 bridgehead atoms. The van der Waals surface area contributed by atoms with E-state index in [2.05, 4.69) is 31.1 Å². The molecule has 2 aliphatic heterocycles. The van der Waals surface area contributed by atoms with Crippen molar-refractivity contribution in [1.82, 2.24) is 0 Å². The molecule has 0 aromatic heterocycles. The number of esters is 8. The summed E-state index contributed by atoms with van der Waals surface area (Å²) in [5.74, 6) is -5.39. The molecule has 0 spiro atoms. The van der Waals surface area contributed by atoms with Crippen LogP contribution in [0.4, 0.5) is 0 Å². The van der Waals surface area contributed by atoms with Gasteiger partial charge in [-0.2, -0.15) is 0 Å². The SMILES string of the molecule is C=C(C)C(=O)OC1(OC)CCCC1.C=C(C)C(=O)OC1CCCCO1.C=CC(=O)OC1(OC)CCCC1.C=CC(=O)OC1CCCCO1.CCCCOC(C)OC(=O)/C=C\C(=O)OC.CCCCOC(C)OC(=O)/C=C\C(=O)OC(C)OCCCC. The molecule has 2 saturated carbocycles. The summed E-state index contributed by atoms with van der Waals surface area (Å²) < 4.78 is 75.8. The molecule has 4 fully saturated rings.